The van der Waals surface area contributed by atoms with Crippen molar-refractivity contribution >= 4 is 31.5 Å². The van der Waals surface area contributed by atoms with Gasteiger partial charge in [0.15, 0.2) is 11.7 Å². The van der Waals surface area contributed by atoms with Crippen molar-refractivity contribution in [1.29, 1.82) is 0 Å². The predicted octanol–water partition coefficient (Wildman–Crippen LogP) is 8.57. The Labute approximate surface area is 201 Å². The third kappa shape index (κ3) is 2.41. The maximum atomic E-state index is 2.73. The molecule has 2 atom stereocenters. The lowest BCUT2D eigenvalue weighted by atomic mass is 9.59. The standard InChI is InChI=1S/C31H34NS/c1-5-30(3)26-15-23-21-9-7-8-10-28(21)33-29(23)17-24(26)27-16-22-19-11-13-20(14-12-19)25(22)18-32(27)31(30,4)6-2/h7-10,15-20H,5-6,11-14H2,1-4H3/q+1. The van der Waals surface area contributed by atoms with Gasteiger partial charge in [0.2, 0.25) is 5.69 Å². The Kier molecular flexibility index (Phi) is 4.10. The molecule has 168 valence electrons. The van der Waals surface area contributed by atoms with E-state index in [9.17, 15) is 0 Å². The van der Waals surface area contributed by atoms with E-state index in [-0.39, 0.29) is 11.0 Å². The topological polar surface area (TPSA) is 3.88 Å². The summed E-state index contributed by atoms with van der Waals surface area (Å²) in [7, 11) is 0. The predicted molar refractivity (Wildman–Crippen MR) is 140 cm³/mol. The fourth-order valence-corrected chi connectivity index (χ4v) is 8.86. The first kappa shape index (κ1) is 20.2. The third-order valence-corrected chi connectivity index (χ3v) is 11.4. The summed E-state index contributed by atoms with van der Waals surface area (Å²) in [5, 5.41) is 2.86. The summed E-state index contributed by atoms with van der Waals surface area (Å²) in [4.78, 5) is 0. The molecule has 1 fully saturated rings. The van der Waals surface area contributed by atoms with Gasteiger partial charge in [0.1, 0.15) is 0 Å². The molecule has 4 aromatic rings. The first-order valence-electron chi connectivity index (χ1n) is 13.0. The largest absolute Gasteiger partial charge is 0.213 e. The molecule has 4 aliphatic rings. The molecule has 0 N–H and O–H groups in total. The number of fused-ring (bicyclic) bond motifs is 8. The second-order valence-corrected chi connectivity index (χ2v) is 12.4. The number of nitrogens with zero attached hydrogens (tertiary/aromatic N) is 1. The van der Waals surface area contributed by atoms with E-state index in [1.807, 2.05) is 11.3 Å². The van der Waals surface area contributed by atoms with Crippen LogP contribution in [0.4, 0.5) is 0 Å². The summed E-state index contributed by atoms with van der Waals surface area (Å²) in [6.45, 7) is 9.88. The van der Waals surface area contributed by atoms with E-state index in [0.717, 1.165) is 24.7 Å². The maximum Gasteiger partial charge on any atom is 0.213 e. The number of thiophene rings is 1. The van der Waals surface area contributed by atoms with Gasteiger partial charge in [0, 0.05) is 45.1 Å². The quantitative estimate of drug-likeness (QED) is 0.268. The van der Waals surface area contributed by atoms with Crippen LogP contribution in [0.1, 0.15) is 94.7 Å². The maximum absolute atomic E-state index is 2.73. The van der Waals surface area contributed by atoms with Gasteiger partial charge >= 0.3 is 0 Å². The zero-order chi connectivity index (χ0) is 22.5. The van der Waals surface area contributed by atoms with Crippen molar-refractivity contribution in [2.45, 2.75) is 89.0 Å². The second-order valence-electron chi connectivity index (χ2n) is 11.3. The highest BCUT2D eigenvalue weighted by Crippen LogP contribution is 2.55. The molecule has 0 radical (unpaired) electrons. The molecule has 2 aromatic heterocycles. The number of hydrogen-bond acceptors (Lipinski definition) is 1. The van der Waals surface area contributed by atoms with E-state index >= 15 is 0 Å². The molecule has 2 heteroatoms. The molecule has 8 rings (SSSR count). The number of aromatic nitrogens is 1. The minimum atomic E-state index is 0.0648. The Morgan fingerprint density at radius 1 is 0.848 bits per heavy atom. The van der Waals surface area contributed by atoms with Crippen molar-refractivity contribution in [3.05, 3.63) is 65.4 Å². The number of rotatable bonds is 2. The Morgan fingerprint density at radius 2 is 1.58 bits per heavy atom. The fraction of sp³-hybridized carbons (Fsp3) is 0.452. The summed E-state index contributed by atoms with van der Waals surface area (Å²) in [5.74, 6) is 1.56. The van der Waals surface area contributed by atoms with Crippen molar-refractivity contribution in [3.63, 3.8) is 0 Å². The SMILES string of the molecule is CCC1(C)c2cc3c(cc2-c2cc4c(c[n+]2C1(C)CC)C1CCC4CC1)sc1ccccc13. The average Bonchev–Trinajstić information content (AvgIpc) is 3.24. The molecule has 3 aliphatic carbocycles. The lowest BCUT2D eigenvalue weighted by molar-refractivity contribution is -0.765. The van der Waals surface area contributed by atoms with E-state index in [0.29, 0.717) is 0 Å². The summed E-state index contributed by atoms with van der Waals surface area (Å²) < 4.78 is 5.57. The number of hydrogen-bond donors (Lipinski definition) is 0. The van der Waals surface area contributed by atoms with Gasteiger partial charge in [-0.1, -0.05) is 32.0 Å². The van der Waals surface area contributed by atoms with Crippen LogP contribution in [0.2, 0.25) is 0 Å². The van der Waals surface area contributed by atoms with Crippen LogP contribution in [0.3, 0.4) is 0 Å². The molecular formula is C31H34NS+. The molecule has 2 bridgehead atoms. The highest BCUT2D eigenvalue weighted by molar-refractivity contribution is 7.25. The van der Waals surface area contributed by atoms with Crippen molar-refractivity contribution in [2.75, 3.05) is 0 Å². The van der Waals surface area contributed by atoms with Gasteiger partial charge in [0.05, 0.1) is 11.0 Å². The van der Waals surface area contributed by atoms with Crippen molar-refractivity contribution < 1.29 is 4.57 Å². The molecule has 2 aromatic carbocycles. The monoisotopic (exact) mass is 452 g/mol. The van der Waals surface area contributed by atoms with Gasteiger partial charge in [-0.05, 0) is 80.2 Å². The van der Waals surface area contributed by atoms with Crippen molar-refractivity contribution in [2.24, 2.45) is 0 Å². The van der Waals surface area contributed by atoms with Gasteiger partial charge in [-0.3, -0.25) is 0 Å². The first-order valence-corrected chi connectivity index (χ1v) is 13.9. The van der Waals surface area contributed by atoms with Gasteiger partial charge in [-0.25, -0.2) is 0 Å². The minimum absolute atomic E-state index is 0.0648. The van der Waals surface area contributed by atoms with Gasteiger partial charge < -0.3 is 0 Å². The van der Waals surface area contributed by atoms with Crippen LogP contribution in [-0.2, 0) is 11.0 Å². The van der Waals surface area contributed by atoms with Crippen molar-refractivity contribution in [3.8, 4) is 11.3 Å². The van der Waals surface area contributed by atoms with Crippen LogP contribution in [0, 0.1) is 0 Å². The Hall–Kier alpha value is -2.19. The lowest BCUT2D eigenvalue weighted by Gasteiger charge is -2.47. The van der Waals surface area contributed by atoms with E-state index in [4.69, 9.17) is 0 Å². The zero-order valence-electron chi connectivity index (χ0n) is 20.4. The second kappa shape index (κ2) is 6.69. The van der Waals surface area contributed by atoms with E-state index in [1.165, 1.54) is 57.1 Å². The summed E-state index contributed by atoms with van der Waals surface area (Å²) >= 11 is 1.95. The molecule has 0 saturated heterocycles. The molecule has 0 amide bonds. The molecule has 1 aliphatic heterocycles. The van der Waals surface area contributed by atoms with E-state index in [2.05, 4.69) is 80.9 Å². The van der Waals surface area contributed by atoms with Crippen LogP contribution in [-0.4, -0.2) is 0 Å². The van der Waals surface area contributed by atoms with E-state index in [1.54, 1.807) is 16.7 Å². The normalized spacial score (nSPS) is 29.8. The molecule has 3 heterocycles. The zero-order valence-corrected chi connectivity index (χ0v) is 21.2. The smallest absolute Gasteiger partial charge is 0.192 e. The van der Waals surface area contributed by atoms with Crippen LogP contribution in [0.5, 0.6) is 0 Å². The summed E-state index contributed by atoms with van der Waals surface area (Å²) in [6.07, 6.45) is 10.5. The Balaban J connectivity index is 1.60. The van der Waals surface area contributed by atoms with Crippen LogP contribution >= 0.6 is 11.3 Å². The van der Waals surface area contributed by atoms with Gasteiger partial charge in [-0.2, -0.15) is 4.57 Å². The van der Waals surface area contributed by atoms with Crippen LogP contribution in [0.15, 0.2) is 48.7 Å². The van der Waals surface area contributed by atoms with Crippen LogP contribution in [0.25, 0.3) is 31.4 Å². The van der Waals surface area contributed by atoms with Crippen molar-refractivity contribution in [1.82, 2.24) is 0 Å². The Morgan fingerprint density at radius 3 is 2.30 bits per heavy atom. The van der Waals surface area contributed by atoms with Gasteiger partial charge in [0.25, 0.3) is 0 Å². The van der Waals surface area contributed by atoms with Crippen LogP contribution < -0.4 is 4.57 Å². The average molecular weight is 453 g/mol. The number of benzene rings is 2. The molecule has 1 saturated carbocycles. The molecular weight excluding hydrogens is 418 g/mol. The first-order chi connectivity index (χ1) is 16.0. The lowest BCUT2D eigenvalue weighted by Crippen LogP contribution is -2.67. The highest BCUT2D eigenvalue weighted by Gasteiger charge is 2.57. The highest BCUT2D eigenvalue weighted by atomic mass is 32.1. The Bertz CT molecular complexity index is 1440. The van der Waals surface area contributed by atoms with Gasteiger partial charge in [-0.15, -0.1) is 11.3 Å². The van der Waals surface area contributed by atoms with E-state index < -0.39 is 0 Å². The molecule has 1 nitrogen and oxygen atoms in total. The number of pyridine rings is 1. The summed E-state index contributed by atoms with van der Waals surface area (Å²) in [6, 6.07) is 16.7. The third-order valence-electron chi connectivity index (χ3n) is 10.3. The summed E-state index contributed by atoms with van der Waals surface area (Å²) in [5.41, 5.74) is 8.00. The molecule has 33 heavy (non-hydrogen) atoms. The molecule has 2 unspecified atom stereocenters. The fourth-order valence-electron chi connectivity index (χ4n) is 7.74. The minimum Gasteiger partial charge on any atom is -0.192 e. The molecule has 0 spiro atoms.